The third-order valence-corrected chi connectivity index (χ3v) is 2.90. The zero-order valence-electron chi connectivity index (χ0n) is 11.8. The fraction of sp³-hybridized carbons (Fsp3) is 0.786. The van der Waals surface area contributed by atoms with Gasteiger partial charge in [0.15, 0.2) is 0 Å². The number of nitrogens with zero attached hydrogens (tertiary/aromatic N) is 1. The van der Waals surface area contributed by atoms with E-state index in [9.17, 15) is 0 Å². The lowest BCUT2D eigenvalue weighted by molar-refractivity contribution is 0.390. The standard InChI is InChI=1S/C12H21NO.C2H6/c1-5-7-8-11(6-2)12-9(3)13-14-10(12)4;1-2/h11H,5-8H2,1-4H3;1-2H3. The number of aromatic nitrogens is 1. The summed E-state index contributed by atoms with van der Waals surface area (Å²) in [6.45, 7) is 12.5. The molecule has 0 N–H and O–H groups in total. The van der Waals surface area contributed by atoms with Crippen LogP contribution in [0.1, 0.15) is 76.3 Å². The van der Waals surface area contributed by atoms with Gasteiger partial charge in [0.1, 0.15) is 5.76 Å². The van der Waals surface area contributed by atoms with E-state index in [0.717, 1.165) is 11.5 Å². The molecule has 0 spiro atoms. The molecule has 0 fully saturated rings. The van der Waals surface area contributed by atoms with Gasteiger partial charge < -0.3 is 4.52 Å². The largest absolute Gasteiger partial charge is 0.361 e. The summed E-state index contributed by atoms with van der Waals surface area (Å²) in [5, 5.41) is 4.02. The SMILES string of the molecule is CC.CCCCC(CC)c1c(C)noc1C. The van der Waals surface area contributed by atoms with Gasteiger partial charge in [0.2, 0.25) is 0 Å². The van der Waals surface area contributed by atoms with Crippen molar-refractivity contribution in [1.82, 2.24) is 5.16 Å². The molecule has 94 valence electrons. The molecule has 1 heterocycles. The van der Waals surface area contributed by atoms with Gasteiger partial charge in [0, 0.05) is 5.56 Å². The van der Waals surface area contributed by atoms with E-state index in [1.165, 1.54) is 31.2 Å². The van der Waals surface area contributed by atoms with E-state index in [1.807, 2.05) is 27.7 Å². The molecule has 0 saturated heterocycles. The van der Waals surface area contributed by atoms with Crippen molar-refractivity contribution in [3.63, 3.8) is 0 Å². The molecule has 0 aliphatic rings. The topological polar surface area (TPSA) is 26.0 Å². The highest BCUT2D eigenvalue weighted by molar-refractivity contribution is 5.25. The molecule has 0 aliphatic heterocycles. The van der Waals surface area contributed by atoms with Crippen molar-refractivity contribution in [3.05, 3.63) is 17.0 Å². The van der Waals surface area contributed by atoms with Crippen LogP contribution in [0.2, 0.25) is 0 Å². The quantitative estimate of drug-likeness (QED) is 0.704. The van der Waals surface area contributed by atoms with E-state index in [4.69, 9.17) is 4.52 Å². The highest BCUT2D eigenvalue weighted by atomic mass is 16.5. The molecule has 0 aliphatic carbocycles. The Balaban J connectivity index is 0.00000106. The van der Waals surface area contributed by atoms with Crippen LogP contribution in [0.3, 0.4) is 0 Å². The Hall–Kier alpha value is -0.790. The van der Waals surface area contributed by atoms with E-state index >= 15 is 0 Å². The van der Waals surface area contributed by atoms with Crippen molar-refractivity contribution in [1.29, 1.82) is 0 Å². The molecule has 1 aromatic heterocycles. The van der Waals surface area contributed by atoms with Gasteiger partial charge in [-0.2, -0.15) is 0 Å². The first-order valence-corrected chi connectivity index (χ1v) is 6.63. The Morgan fingerprint density at radius 2 is 1.81 bits per heavy atom. The predicted octanol–water partition coefficient (Wildman–Crippen LogP) is 5.00. The molecule has 16 heavy (non-hydrogen) atoms. The van der Waals surface area contributed by atoms with E-state index in [0.29, 0.717) is 5.92 Å². The summed E-state index contributed by atoms with van der Waals surface area (Å²) in [5.74, 6) is 1.65. The van der Waals surface area contributed by atoms with Crippen molar-refractivity contribution in [2.24, 2.45) is 0 Å². The van der Waals surface area contributed by atoms with Crippen LogP contribution in [0.15, 0.2) is 4.52 Å². The van der Waals surface area contributed by atoms with Gasteiger partial charge in [-0.05, 0) is 32.6 Å². The second-order valence-corrected chi connectivity index (χ2v) is 3.99. The van der Waals surface area contributed by atoms with Gasteiger partial charge in [0.25, 0.3) is 0 Å². The van der Waals surface area contributed by atoms with Crippen molar-refractivity contribution in [2.45, 2.75) is 73.1 Å². The van der Waals surface area contributed by atoms with E-state index < -0.39 is 0 Å². The van der Waals surface area contributed by atoms with Crippen LogP contribution in [0.4, 0.5) is 0 Å². The minimum atomic E-state index is 0.640. The second-order valence-electron chi connectivity index (χ2n) is 3.99. The maximum atomic E-state index is 5.21. The van der Waals surface area contributed by atoms with Crippen LogP contribution in [-0.4, -0.2) is 5.16 Å². The van der Waals surface area contributed by atoms with Crippen molar-refractivity contribution in [2.75, 3.05) is 0 Å². The first-order chi connectivity index (χ1) is 7.70. The summed E-state index contributed by atoms with van der Waals surface area (Å²) in [6.07, 6.45) is 5.00. The predicted molar refractivity (Wildman–Crippen MR) is 69.9 cm³/mol. The van der Waals surface area contributed by atoms with Crippen LogP contribution < -0.4 is 0 Å². The Morgan fingerprint density at radius 1 is 1.19 bits per heavy atom. The summed E-state index contributed by atoms with van der Waals surface area (Å²) >= 11 is 0. The Morgan fingerprint density at radius 3 is 2.19 bits per heavy atom. The number of hydrogen-bond donors (Lipinski definition) is 0. The maximum Gasteiger partial charge on any atom is 0.137 e. The van der Waals surface area contributed by atoms with Crippen molar-refractivity contribution < 1.29 is 4.52 Å². The van der Waals surface area contributed by atoms with E-state index in [1.54, 1.807) is 0 Å². The average Bonchev–Trinajstić information content (AvgIpc) is 2.64. The van der Waals surface area contributed by atoms with Gasteiger partial charge in [-0.15, -0.1) is 0 Å². The number of aryl methyl sites for hydroxylation is 2. The molecule has 0 bridgehead atoms. The third kappa shape index (κ3) is 3.99. The highest BCUT2D eigenvalue weighted by Crippen LogP contribution is 2.30. The van der Waals surface area contributed by atoms with Gasteiger partial charge in [-0.25, -0.2) is 0 Å². The van der Waals surface area contributed by atoms with Crippen molar-refractivity contribution >= 4 is 0 Å². The number of rotatable bonds is 5. The van der Waals surface area contributed by atoms with Crippen LogP contribution in [0.5, 0.6) is 0 Å². The summed E-state index contributed by atoms with van der Waals surface area (Å²) in [5.41, 5.74) is 2.42. The number of unbranched alkanes of at least 4 members (excludes halogenated alkanes) is 1. The summed E-state index contributed by atoms with van der Waals surface area (Å²) in [6, 6.07) is 0. The first-order valence-electron chi connectivity index (χ1n) is 6.63. The molecule has 0 radical (unpaired) electrons. The molecule has 1 atom stereocenters. The highest BCUT2D eigenvalue weighted by Gasteiger charge is 2.17. The van der Waals surface area contributed by atoms with E-state index in [-0.39, 0.29) is 0 Å². The lowest BCUT2D eigenvalue weighted by atomic mass is 9.90. The van der Waals surface area contributed by atoms with Gasteiger partial charge in [-0.3, -0.25) is 0 Å². The fourth-order valence-corrected chi connectivity index (χ4v) is 2.08. The van der Waals surface area contributed by atoms with Gasteiger partial charge in [-0.1, -0.05) is 45.7 Å². The Kier molecular flexibility index (Phi) is 7.96. The minimum Gasteiger partial charge on any atom is -0.361 e. The molecular weight excluding hydrogens is 198 g/mol. The van der Waals surface area contributed by atoms with Gasteiger partial charge in [0.05, 0.1) is 5.69 Å². The summed E-state index contributed by atoms with van der Waals surface area (Å²) < 4.78 is 5.21. The average molecular weight is 225 g/mol. The second kappa shape index (κ2) is 8.37. The molecule has 2 nitrogen and oxygen atoms in total. The van der Waals surface area contributed by atoms with Crippen LogP contribution in [-0.2, 0) is 0 Å². The molecule has 1 unspecified atom stereocenters. The monoisotopic (exact) mass is 225 g/mol. The first kappa shape index (κ1) is 15.2. The number of hydrogen-bond acceptors (Lipinski definition) is 2. The van der Waals surface area contributed by atoms with Crippen LogP contribution in [0, 0.1) is 13.8 Å². The third-order valence-electron chi connectivity index (χ3n) is 2.90. The summed E-state index contributed by atoms with van der Waals surface area (Å²) in [7, 11) is 0. The molecule has 0 amide bonds. The zero-order chi connectivity index (χ0) is 12.6. The smallest absolute Gasteiger partial charge is 0.137 e. The van der Waals surface area contributed by atoms with Crippen molar-refractivity contribution in [3.8, 4) is 0 Å². The summed E-state index contributed by atoms with van der Waals surface area (Å²) in [4.78, 5) is 0. The van der Waals surface area contributed by atoms with Crippen LogP contribution in [0.25, 0.3) is 0 Å². The Labute approximate surface area is 100 Å². The normalized spacial score (nSPS) is 11.9. The molecular formula is C14H27NO. The lowest BCUT2D eigenvalue weighted by Gasteiger charge is -2.13. The maximum absolute atomic E-state index is 5.21. The van der Waals surface area contributed by atoms with E-state index in [2.05, 4.69) is 19.0 Å². The minimum absolute atomic E-state index is 0.640. The molecule has 0 saturated carbocycles. The van der Waals surface area contributed by atoms with Crippen LogP contribution >= 0.6 is 0 Å². The molecule has 1 aromatic rings. The fourth-order valence-electron chi connectivity index (χ4n) is 2.08. The molecule has 1 rings (SSSR count). The Bertz CT molecular complexity index is 259. The zero-order valence-corrected chi connectivity index (χ0v) is 11.8. The molecule has 2 heteroatoms. The van der Waals surface area contributed by atoms with Gasteiger partial charge >= 0.3 is 0 Å². The lowest BCUT2D eigenvalue weighted by Crippen LogP contribution is -2.00. The molecule has 0 aromatic carbocycles.